The van der Waals surface area contributed by atoms with Crippen molar-refractivity contribution < 1.29 is 14.1 Å². The lowest BCUT2D eigenvalue weighted by atomic mass is 10.1. The molecule has 4 nitrogen and oxygen atoms in total. The van der Waals surface area contributed by atoms with Gasteiger partial charge in [0.05, 0.1) is 0 Å². The van der Waals surface area contributed by atoms with Crippen LogP contribution in [-0.4, -0.2) is 46.1 Å². The highest BCUT2D eigenvalue weighted by atomic mass is 32.2. The SMILES string of the molecule is CCc1ccc(OCC(O)CNC2CCS(=O)CC2)cc1. The number of hydrogen-bond acceptors (Lipinski definition) is 4. The van der Waals surface area contributed by atoms with E-state index in [9.17, 15) is 9.32 Å². The van der Waals surface area contributed by atoms with E-state index in [2.05, 4.69) is 12.2 Å². The number of aliphatic hydroxyl groups excluding tert-OH is 1. The largest absolute Gasteiger partial charge is 0.491 e. The zero-order chi connectivity index (χ0) is 15.1. The van der Waals surface area contributed by atoms with Crippen LogP contribution in [0.4, 0.5) is 0 Å². The van der Waals surface area contributed by atoms with Crippen LogP contribution in [0.25, 0.3) is 0 Å². The van der Waals surface area contributed by atoms with Gasteiger partial charge in [0.2, 0.25) is 0 Å². The molecule has 21 heavy (non-hydrogen) atoms. The molecule has 118 valence electrons. The van der Waals surface area contributed by atoms with Gasteiger partial charge in [-0.25, -0.2) is 0 Å². The van der Waals surface area contributed by atoms with E-state index < -0.39 is 16.9 Å². The highest BCUT2D eigenvalue weighted by Crippen LogP contribution is 2.13. The van der Waals surface area contributed by atoms with Gasteiger partial charge in [0, 0.05) is 34.9 Å². The first-order valence-corrected chi connectivity index (χ1v) is 9.14. The van der Waals surface area contributed by atoms with Gasteiger partial charge in [-0.15, -0.1) is 0 Å². The molecule has 0 amide bonds. The molecule has 5 heteroatoms. The first kappa shape index (κ1) is 16.5. The zero-order valence-corrected chi connectivity index (χ0v) is 13.4. The van der Waals surface area contributed by atoms with Gasteiger partial charge in [-0.3, -0.25) is 4.21 Å². The highest BCUT2D eigenvalue weighted by molar-refractivity contribution is 7.85. The summed E-state index contributed by atoms with van der Waals surface area (Å²) in [4.78, 5) is 0. The lowest BCUT2D eigenvalue weighted by Gasteiger charge is -2.24. The fourth-order valence-electron chi connectivity index (χ4n) is 2.37. The molecule has 0 aliphatic carbocycles. The van der Waals surface area contributed by atoms with Crippen LogP contribution in [-0.2, 0) is 17.2 Å². The number of aliphatic hydroxyl groups is 1. The second kappa shape index (κ2) is 8.51. The Labute approximate surface area is 129 Å². The second-order valence-electron chi connectivity index (χ2n) is 5.49. The van der Waals surface area contributed by atoms with E-state index in [1.165, 1.54) is 5.56 Å². The van der Waals surface area contributed by atoms with Crippen LogP contribution >= 0.6 is 0 Å². The molecule has 1 atom stereocenters. The van der Waals surface area contributed by atoms with Gasteiger partial charge in [-0.1, -0.05) is 19.1 Å². The van der Waals surface area contributed by atoms with Crippen molar-refractivity contribution in [2.45, 2.75) is 38.3 Å². The van der Waals surface area contributed by atoms with E-state index in [0.29, 0.717) is 12.6 Å². The molecule has 1 heterocycles. The molecule has 1 aromatic carbocycles. The lowest BCUT2D eigenvalue weighted by molar-refractivity contribution is 0.103. The Morgan fingerprint density at radius 3 is 2.62 bits per heavy atom. The third-order valence-corrected chi connectivity index (χ3v) is 5.19. The summed E-state index contributed by atoms with van der Waals surface area (Å²) in [7, 11) is -0.634. The zero-order valence-electron chi connectivity index (χ0n) is 12.6. The van der Waals surface area contributed by atoms with Gasteiger partial charge in [0.25, 0.3) is 0 Å². The molecule has 1 aromatic rings. The molecule has 2 N–H and O–H groups in total. The van der Waals surface area contributed by atoms with Gasteiger partial charge in [-0.05, 0) is 37.0 Å². The third kappa shape index (κ3) is 5.77. The normalized spacial score (nSPS) is 23.7. The van der Waals surface area contributed by atoms with E-state index in [0.717, 1.165) is 36.5 Å². The molecule has 1 fully saturated rings. The van der Waals surface area contributed by atoms with E-state index in [1.54, 1.807) is 0 Å². The van der Waals surface area contributed by atoms with Crippen molar-refractivity contribution in [1.29, 1.82) is 0 Å². The summed E-state index contributed by atoms with van der Waals surface area (Å²) < 4.78 is 16.9. The summed E-state index contributed by atoms with van der Waals surface area (Å²) >= 11 is 0. The summed E-state index contributed by atoms with van der Waals surface area (Å²) in [6.45, 7) is 2.92. The van der Waals surface area contributed by atoms with Crippen LogP contribution in [0.1, 0.15) is 25.3 Å². The first-order chi connectivity index (χ1) is 10.2. The topological polar surface area (TPSA) is 58.6 Å². The van der Waals surface area contributed by atoms with Crippen LogP contribution in [0.15, 0.2) is 24.3 Å². The lowest BCUT2D eigenvalue weighted by Crippen LogP contribution is -2.41. The third-order valence-electron chi connectivity index (χ3n) is 3.80. The number of ether oxygens (including phenoxy) is 1. The van der Waals surface area contributed by atoms with Crippen molar-refractivity contribution >= 4 is 10.8 Å². The Balaban J connectivity index is 1.64. The summed E-state index contributed by atoms with van der Waals surface area (Å²) in [5.41, 5.74) is 1.28. The minimum absolute atomic E-state index is 0.289. The first-order valence-electron chi connectivity index (χ1n) is 7.65. The Bertz CT molecular complexity index is 439. The maximum atomic E-state index is 11.3. The summed E-state index contributed by atoms with van der Waals surface area (Å²) in [5, 5.41) is 13.3. The molecule has 1 aliphatic rings. The van der Waals surface area contributed by atoms with Crippen molar-refractivity contribution in [2.75, 3.05) is 24.7 Å². The Hall–Kier alpha value is -0.910. The van der Waals surface area contributed by atoms with Crippen molar-refractivity contribution in [3.63, 3.8) is 0 Å². The second-order valence-corrected chi connectivity index (χ2v) is 7.19. The number of nitrogens with one attached hydrogen (secondary N) is 1. The van der Waals surface area contributed by atoms with Gasteiger partial charge in [0.15, 0.2) is 0 Å². The maximum absolute atomic E-state index is 11.3. The molecule has 0 saturated carbocycles. The summed E-state index contributed by atoms with van der Waals surface area (Å²) in [6, 6.07) is 8.34. The molecule has 0 bridgehead atoms. The van der Waals surface area contributed by atoms with Crippen LogP contribution in [0.3, 0.4) is 0 Å². The number of benzene rings is 1. The highest BCUT2D eigenvalue weighted by Gasteiger charge is 2.18. The van der Waals surface area contributed by atoms with Crippen molar-refractivity contribution in [2.24, 2.45) is 0 Å². The molecule has 1 unspecified atom stereocenters. The Morgan fingerprint density at radius 2 is 2.00 bits per heavy atom. The minimum Gasteiger partial charge on any atom is -0.491 e. The van der Waals surface area contributed by atoms with E-state index in [4.69, 9.17) is 4.74 Å². The molecular formula is C16H25NO3S. The average Bonchev–Trinajstić information content (AvgIpc) is 2.53. The number of rotatable bonds is 7. The predicted octanol–water partition coefficient (Wildman–Crippen LogP) is 1.49. The summed E-state index contributed by atoms with van der Waals surface area (Å²) in [5.74, 6) is 2.33. The fourth-order valence-corrected chi connectivity index (χ4v) is 3.67. The Kier molecular flexibility index (Phi) is 6.67. The maximum Gasteiger partial charge on any atom is 0.119 e. The molecular weight excluding hydrogens is 286 g/mol. The number of hydrogen-bond donors (Lipinski definition) is 2. The van der Waals surface area contributed by atoms with Crippen molar-refractivity contribution in [3.8, 4) is 5.75 Å². The monoisotopic (exact) mass is 311 g/mol. The van der Waals surface area contributed by atoms with Gasteiger partial charge < -0.3 is 15.2 Å². The molecule has 0 aromatic heterocycles. The average molecular weight is 311 g/mol. The van der Waals surface area contributed by atoms with Crippen LogP contribution < -0.4 is 10.1 Å². The molecule has 2 rings (SSSR count). The molecule has 0 spiro atoms. The van der Waals surface area contributed by atoms with Crippen LogP contribution in [0.5, 0.6) is 5.75 Å². The quantitative estimate of drug-likeness (QED) is 0.801. The molecule has 1 saturated heterocycles. The van der Waals surface area contributed by atoms with E-state index >= 15 is 0 Å². The number of aryl methyl sites for hydroxylation is 1. The standard InChI is InChI=1S/C16H25NO3S/c1-2-13-3-5-16(6-4-13)20-12-15(18)11-17-14-7-9-21(19)10-8-14/h3-6,14-15,17-18H,2,7-12H2,1H3. The van der Waals surface area contributed by atoms with Crippen LogP contribution in [0.2, 0.25) is 0 Å². The fraction of sp³-hybridized carbons (Fsp3) is 0.625. The van der Waals surface area contributed by atoms with Gasteiger partial charge in [0.1, 0.15) is 18.5 Å². The minimum atomic E-state index is -0.634. The van der Waals surface area contributed by atoms with Crippen molar-refractivity contribution in [1.82, 2.24) is 5.32 Å². The molecule has 1 aliphatic heterocycles. The Morgan fingerprint density at radius 1 is 1.33 bits per heavy atom. The predicted molar refractivity (Wildman–Crippen MR) is 86.2 cm³/mol. The van der Waals surface area contributed by atoms with Crippen LogP contribution in [0, 0.1) is 0 Å². The summed E-state index contributed by atoms with van der Waals surface area (Å²) in [6.07, 6.45) is 2.35. The van der Waals surface area contributed by atoms with Gasteiger partial charge in [-0.2, -0.15) is 0 Å². The van der Waals surface area contributed by atoms with Gasteiger partial charge >= 0.3 is 0 Å². The van der Waals surface area contributed by atoms with Crippen molar-refractivity contribution in [3.05, 3.63) is 29.8 Å². The van der Waals surface area contributed by atoms with E-state index in [1.807, 2.05) is 24.3 Å². The van der Waals surface area contributed by atoms with E-state index in [-0.39, 0.29) is 6.61 Å². The molecule has 0 radical (unpaired) electrons. The smallest absolute Gasteiger partial charge is 0.119 e.